The topological polar surface area (TPSA) is 105 Å². The van der Waals surface area contributed by atoms with Gasteiger partial charge in [0.05, 0.1) is 11.1 Å². The van der Waals surface area contributed by atoms with Gasteiger partial charge in [-0.15, -0.1) is 20.2 Å². The zero-order valence-electron chi connectivity index (χ0n) is 14.3. The van der Waals surface area contributed by atoms with E-state index < -0.39 is 91.7 Å². The summed E-state index contributed by atoms with van der Waals surface area (Å²) in [5.41, 5.74) is -4.90. The molecule has 0 saturated heterocycles. The lowest BCUT2D eigenvalue weighted by Gasteiger charge is -2.26. The Hall–Kier alpha value is -3.86. The molecule has 18 heteroatoms. The van der Waals surface area contributed by atoms with Crippen LogP contribution in [0.3, 0.4) is 0 Å². The highest BCUT2D eigenvalue weighted by Crippen LogP contribution is 2.42. The SMILES string of the molecule is O=[N+]([O-])OC(c1c(F)c(F)c(F)c(F)c1F)C(O[N+](=O)[O-])c1c(F)c(F)c(F)c(F)c1F. The number of halogens is 10. The van der Waals surface area contributed by atoms with Crippen LogP contribution in [-0.4, -0.2) is 10.2 Å². The van der Waals surface area contributed by atoms with E-state index in [1.54, 1.807) is 0 Å². The van der Waals surface area contributed by atoms with Crippen molar-refractivity contribution < 1.29 is 63.8 Å². The quantitative estimate of drug-likeness (QED) is 0.191. The molecule has 174 valence electrons. The second-order valence-electron chi connectivity index (χ2n) is 5.47. The number of nitrogens with zero attached hydrogens (tertiary/aromatic N) is 2. The Kier molecular flexibility index (Phi) is 6.64. The highest BCUT2D eigenvalue weighted by molar-refractivity contribution is 5.32. The van der Waals surface area contributed by atoms with E-state index in [0.717, 1.165) is 0 Å². The lowest BCUT2D eigenvalue weighted by atomic mass is 9.95. The second kappa shape index (κ2) is 8.71. The molecule has 0 saturated carbocycles. The molecular weight excluding hydrogens is 482 g/mol. The molecule has 2 rings (SSSR count). The zero-order chi connectivity index (χ0) is 24.7. The third-order valence-electron chi connectivity index (χ3n) is 3.73. The number of benzene rings is 2. The van der Waals surface area contributed by atoms with E-state index in [0.29, 0.717) is 0 Å². The molecule has 0 spiro atoms. The van der Waals surface area contributed by atoms with Gasteiger partial charge < -0.3 is 9.68 Å². The van der Waals surface area contributed by atoms with Crippen molar-refractivity contribution in [3.05, 3.63) is 89.5 Å². The van der Waals surface area contributed by atoms with Gasteiger partial charge in [0, 0.05) is 0 Å². The lowest BCUT2D eigenvalue weighted by molar-refractivity contribution is -0.803. The third kappa shape index (κ3) is 4.02. The maximum Gasteiger partial charge on any atom is 0.295 e. The largest absolute Gasteiger partial charge is 0.303 e. The van der Waals surface area contributed by atoms with Crippen LogP contribution in [0.1, 0.15) is 23.3 Å². The van der Waals surface area contributed by atoms with Crippen molar-refractivity contribution >= 4 is 0 Å². The fraction of sp³-hybridized carbons (Fsp3) is 0.143. The van der Waals surface area contributed by atoms with Gasteiger partial charge in [-0.1, -0.05) is 0 Å². The number of hydrogen-bond acceptors (Lipinski definition) is 6. The summed E-state index contributed by atoms with van der Waals surface area (Å²) in [6, 6.07) is 0. The average Bonchev–Trinajstić information content (AvgIpc) is 2.71. The van der Waals surface area contributed by atoms with Crippen molar-refractivity contribution in [1.29, 1.82) is 0 Å². The molecule has 2 aromatic carbocycles. The summed E-state index contributed by atoms with van der Waals surface area (Å²) >= 11 is 0. The summed E-state index contributed by atoms with van der Waals surface area (Å²) in [6.07, 6.45) is -7.29. The Labute approximate surface area is 166 Å². The standard InChI is InChI=1S/C14H2F10N2O6/c15-3-1(4(16)8(20)11(23)7(3)19)13(31-25(27)28)14(32-26(29)30)2-5(17)9(21)12(24)10(22)6(2)18/h13-14H. The molecule has 0 amide bonds. The van der Waals surface area contributed by atoms with Crippen LogP contribution in [0.15, 0.2) is 0 Å². The van der Waals surface area contributed by atoms with Crippen molar-refractivity contribution in [1.82, 2.24) is 0 Å². The van der Waals surface area contributed by atoms with Crippen LogP contribution in [0.2, 0.25) is 0 Å². The van der Waals surface area contributed by atoms with Crippen LogP contribution in [0, 0.1) is 78.4 Å². The Balaban J connectivity index is 2.97. The van der Waals surface area contributed by atoms with E-state index in [-0.39, 0.29) is 0 Å². The minimum atomic E-state index is -3.65. The van der Waals surface area contributed by atoms with E-state index in [4.69, 9.17) is 0 Å². The maximum atomic E-state index is 14.1. The molecule has 8 nitrogen and oxygen atoms in total. The lowest BCUT2D eigenvalue weighted by Crippen LogP contribution is -2.28. The molecule has 0 bridgehead atoms. The molecule has 0 radical (unpaired) electrons. The molecule has 2 unspecified atom stereocenters. The Morgan fingerprint density at radius 3 is 0.844 bits per heavy atom. The second-order valence-corrected chi connectivity index (χ2v) is 5.47. The van der Waals surface area contributed by atoms with Crippen LogP contribution < -0.4 is 0 Å². The number of hydrogen-bond donors (Lipinski definition) is 0. The van der Waals surface area contributed by atoms with E-state index in [1.165, 1.54) is 0 Å². The molecule has 0 aromatic heterocycles. The molecule has 0 aliphatic heterocycles. The van der Waals surface area contributed by atoms with Gasteiger partial charge in [-0.05, 0) is 0 Å². The summed E-state index contributed by atoms with van der Waals surface area (Å²) in [4.78, 5) is 28.5. The van der Waals surface area contributed by atoms with Crippen molar-refractivity contribution in [2.75, 3.05) is 0 Å². The number of rotatable bonds is 7. The van der Waals surface area contributed by atoms with Crippen LogP contribution in [0.5, 0.6) is 0 Å². The van der Waals surface area contributed by atoms with E-state index in [2.05, 4.69) is 9.68 Å². The van der Waals surface area contributed by atoms with E-state index in [9.17, 15) is 64.1 Å². The molecular formula is C14H2F10N2O6. The summed E-state index contributed by atoms with van der Waals surface area (Å²) in [7, 11) is 0. The van der Waals surface area contributed by atoms with Gasteiger partial charge in [-0.25, -0.2) is 43.9 Å². The van der Waals surface area contributed by atoms with Crippen molar-refractivity contribution in [2.24, 2.45) is 0 Å². The summed E-state index contributed by atoms with van der Waals surface area (Å²) in [5.74, 6) is -28.6. The smallest absolute Gasteiger partial charge is 0.295 e. The molecule has 2 aromatic rings. The van der Waals surface area contributed by atoms with Crippen molar-refractivity contribution in [2.45, 2.75) is 12.2 Å². The molecule has 0 fully saturated rings. The fourth-order valence-corrected chi connectivity index (χ4v) is 2.45. The predicted molar refractivity (Wildman–Crippen MR) is 74.1 cm³/mol. The first-order valence-corrected chi connectivity index (χ1v) is 7.37. The van der Waals surface area contributed by atoms with Crippen LogP contribution in [0.25, 0.3) is 0 Å². The first-order valence-electron chi connectivity index (χ1n) is 7.37. The van der Waals surface area contributed by atoms with Gasteiger partial charge in [0.1, 0.15) is 0 Å². The van der Waals surface area contributed by atoms with Crippen LogP contribution in [-0.2, 0) is 9.68 Å². The van der Waals surface area contributed by atoms with Gasteiger partial charge in [0.15, 0.2) is 58.7 Å². The van der Waals surface area contributed by atoms with Crippen molar-refractivity contribution in [3.8, 4) is 0 Å². The predicted octanol–water partition coefficient (Wildman–Crippen LogP) is 4.28. The van der Waals surface area contributed by atoms with Crippen molar-refractivity contribution in [3.63, 3.8) is 0 Å². The minimum Gasteiger partial charge on any atom is -0.303 e. The highest BCUT2D eigenvalue weighted by Gasteiger charge is 2.44. The third-order valence-corrected chi connectivity index (χ3v) is 3.73. The van der Waals surface area contributed by atoms with E-state index >= 15 is 0 Å². The highest BCUT2D eigenvalue weighted by atomic mass is 19.2. The fourth-order valence-electron chi connectivity index (χ4n) is 2.45. The van der Waals surface area contributed by atoms with Gasteiger partial charge in [-0.3, -0.25) is 0 Å². The van der Waals surface area contributed by atoms with E-state index in [1.807, 2.05) is 0 Å². The summed E-state index contributed by atoms with van der Waals surface area (Å²) < 4.78 is 137. The monoisotopic (exact) mass is 484 g/mol. The Morgan fingerprint density at radius 2 is 0.656 bits per heavy atom. The summed E-state index contributed by atoms with van der Waals surface area (Å²) in [6.45, 7) is 0. The van der Waals surface area contributed by atoms with Gasteiger partial charge in [0.25, 0.3) is 10.2 Å². The molecule has 0 aliphatic carbocycles. The maximum absolute atomic E-state index is 14.1. The van der Waals surface area contributed by atoms with Crippen LogP contribution in [0.4, 0.5) is 43.9 Å². The molecule has 32 heavy (non-hydrogen) atoms. The first kappa shape index (κ1) is 24.4. The zero-order valence-corrected chi connectivity index (χ0v) is 14.3. The normalized spacial score (nSPS) is 12.9. The van der Waals surface area contributed by atoms with Gasteiger partial charge >= 0.3 is 0 Å². The average molecular weight is 484 g/mol. The van der Waals surface area contributed by atoms with Gasteiger partial charge in [-0.2, -0.15) is 0 Å². The van der Waals surface area contributed by atoms with Gasteiger partial charge in [0.2, 0.25) is 11.6 Å². The molecule has 0 N–H and O–H groups in total. The Bertz CT molecular complexity index is 985. The molecule has 2 atom stereocenters. The summed E-state index contributed by atoms with van der Waals surface area (Å²) in [5, 5.41) is 17.2. The van der Waals surface area contributed by atoms with Crippen LogP contribution >= 0.6 is 0 Å². The molecule has 0 aliphatic rings. The Morgan fingerprint density at radius 1 is 0.469 bits per heavy atom. The minimum absolute atomic E-state index is 2.08. The first-order chi connectivity index (χ1) is 14.7. The molecule has 0 heterocycles.